The molecule has 0 heterocycles. The summed E-state index contributed by atoms with van der Waals surface area (Å²) in [6.07, 6.45) is 2.21. The molecule has 2 nitrogen and oxygen atoms in total. The highest BCUT2D eigenvalue weighted by Crippen LogP contribution is 2.32. The first-order valence-corrected chi connectivity index (χ1v) is 7.36. The Morgan fingerprint density at radius 3 is 2.25 bits per heavy atom. The van der Waals surface area contributed by atoms with Gasteiger partial charge in [-0.3, -0.25) is 0 Å². The normalized spacial score (nSPS) is 16.1. The molecule has 2 aromatic rings. The highest BCUT2D eigenvalue weighted by atomic mass is 16.3. The van der Waals surface area contributed by atoms with Crippen molar-refractivity contribution in [1.82, 2.24) is 5.32 Å². The maximum atomic E-state index is 9.80. The van der Waals surface area contributed by atoms with E-state index in [0.29, 0.717) is 12.5 Å². The molecule has 0 spiro atoms. The van der Waals surface area contributed by atoms with E-state index in [1.165, 1.54) is 29.5 Å². The minimum atomic E-state index is -0.168. The molecule has 1 aliphatic carbocycles. The first-order valence-electron chi connectivity index (χ1n) is 7.36. The molecule has 2 heteroatoms. The van der Waals surface area contributed by atoms with Crippen LogP contribution in [0.3, 0.4) is 0 Å². The third-order valence-corrected chi connectivity index (χ3v) is 3.91. The summed E-state index contributed by atoms with van der Waals surface area (Å²) in [5.74, 6) is 0.544. The summed E-state index contributed by atoms with van der Waals surface area (Å²) < 4.78 is 0. The van der Waals surface area contributed by atoms with Crippen LogP contribution in [-0.2, 0) is 6.54 Å². The molecule has 104 valence electrons. The van der Waals surface area contributed by atoms with Gasteiger partial charge < -0.3 is 10.4 Å². The van der Waals surface area contributed by atoms with E-state index in [-0.39, 0.29) is 6.10 Å². The zero-order valence-corrected chi connectivity index (χ0v) is 11.6. The van der Waals surface area contributed by atoms with Crippen LogP contribution in [0.1, 0.15) is 18.4 Å². The average molecular weight is 267 g/mol. The van der Waals surface area contributed by atoms with Gasteiger partial charge in [-0.05, 0) is 35.4 Å². The second-order valence-corrected chi connectivity index (χ2v) is 5.60. The van der Waals surface area contributed by atoms with E-state index in [2.05, 4.69) is 53.8 Å². The van der Waals surface area contributed by atoms with Crippen LogP contribution in [0, 0.1) is 5.92 Å². The standard InChI is InChI=1S/C18H21NO/c20-18(17-10-11-17)13-19-12-14-6-8-16(9-7-14)15-4-2-1-3-5-15/h1-9,17-20H,10-13H2. The van der Waals surface area contributed by atoms with Gasteiger partial charge in [-0.2, -0.15) is 0 Å². The average Bonchev–Trinajstić information content (AvgIpc) is 3.33. The molecule has 1 saturated carbocycles. The second-order valence-electron chi connectivity index (χ2n) is 5.60. The number of rotatable bonds is 6. The van der Waals surface area contributed by atoms with Crippen molar-refractivity contribution in [2.45, 2.75) is 25.5 Å². The van der Waals surface area contributed by atoms with Gasteiger partial charge in [0.2, 0.25) is 0 Å². The lowest BCUT2D eigenvalue weighted by Gasteiger charge is -2.11. The largest absolute Gasteiger partial charge is 0.392 e. The summed E-state index contributed by atoms with van der Waals surface area (Å²) in [5, 5.41) is 13.1. The van der Waals surface area contributed by atoms with Crippen LogP contribution in [0.2, 0.25) is 0 Å². The van der Waals surface area contributed by atoms with E-state index in [4.69, 9.17) is 0 Å². The molecular formula is C18H21NO. The molecule has 0 amide bonds. The zero-order valence-electron chi connectivity index (χ0n) is 11.6. The molecule has 2 aromatic carbocycles. The molecule has 0 bridgehead atoms. The number of aliphatic hydroxyl groups excluding tert-OH is 1. The molecule has 0 aromatic heterocycles. The van der Waals surface area contributed by atoms with Crippen molar-refractivity contribution in [2.75, 3.05) is 6.54 Å². The van der Waals surface area contributed by atoms with E-state index in [1.807, 2.05) is 6.07 Å². The van der Waals surface area contributed by atoms with Gasteiger partial charge in [0.05, 0.1) is 6.10 Å². The minimum absolute atomic E-state index is 0.168. The SMILES string of the molecule is OC(CNCc1ccc(-c2ccccc2)cc1)C1CC1. The molecule has 0 saturated heterocycles. The van der Waals surface area contributed by atoms with E-state index in [1.54, 1.807) is 0 Å². The van der Waals surface area contributed by atoms with Crippen LogP contribution in [-0.4, -0.2) is 17.8 Å². The molecule has 1 atom stereocenters. The fourth-order valence-electron chi connectivity index (χ4n) is 2.46. The molecule has 0 aliphatic heterocycles. The van der Waals surface area contributed by atoms with Gasteiger partial charge in [0.1, 0.15) is 0 Å². The van der Waals surface area contributed by atoms with Crippen molar-refractivity contribution >= 4 is 0 Å². The summed E-state index contributed by atoms with van der Waals surface area (Å²) >= 11 is 0. The highest BCUT2D eigenvalue weighted by molar-refractivity contribution is 5.63. The van der Waals surface area contributed by atoms with Crippen molar-refractivity contribution in [3.63, 3.8) is 0 Å². The molecule has 1 unspecified atom stereocenters. The molecular weight excluding hydrogens is 246 g/mol. The fraction of sp³-hybridized carbons (Fsp3) is 0.333. The Morgan fingerprint density at radius 1 is 0.950 bits per heavy atom. The minimum Gasteiger partial charge on any atom is -0.392 e. The van der Waals surface area contributed by atoms with Gasteiger partial charge >= 0.3 is 0 Å². The van der Waals surface area contributed by atoms with Crippen molar-refractivity contribution in [1.29, 1.82) is 0 Å². The number of hydrogen-bond donors (Lipinski definition) is 2. The van der Waals surface area contributed by atoms with Gasteiger partial charge in [-0.15, -0.1) is 0 Å². The van der Waals surface area contributed by atoms with Crippen LogP contribution < -0.4 is 5.32 Å². The van der Waals surface area contributed by atoms with Crippen LogP contribution in [0.4, 0.5) is 0 Å². The maximum absolute atomic E-state index is 9.80. The van der Waals surface area contributed by atoms with Crippen molar-refractivity contribution in [2.24, 2.45) is 5.92 Å². The summed E-state index contributed by atoms with van der Waals surface area (Å²) in [6.45, 7) is 1.52. The van der Waals surface area contributed by atoms with Crippen LogP contribution in [0.25, 0.3) is 11.1 Å². The Bertz CT molecular complexity index is 531. The Kier molecular flexibility index (Phi) is 4.14. The summed E-state index contributed by atoms with van der Waals surface area (Å²) in [7, 11) is 0. The molecule has 1 fully saturated rings. The topological polar surface area (TPSA) is 32.3 Å². The third-order valence-electron chi connectivity index (χ3n) is 3.91. The maximum Gasteiger partial charge on any atom is 0.0692 e. The van der Waals surface area contributed by atoms with E-state index in [0.717, 1.165) is 6.54 Å². The van der Waals surface area contributed by atoms with Crippen molar-refractivity contribution < 1.29 is 5.11 Å². The van der Waals surface area contributed by atoms with Gasteiger partial charge in [-0.25, -0.2) is 0 Å². The molecule has 3 rings (SSSR count). The lowest BCUT2D eigenvalue weighted by atomic mass is 10.0. The summed E-state index contributed by atoms with van der Waals surface area (Å²) in [4.78, 5) is 0. The lowest BCUT2D eigenvalue weighted by molar-refractivity contribution is 0.148. The van der Waals surface area contributed by atoms with Crippen LogP contribution in [0.15, 0.2) is 54.6 Å². The first kappa shape index (κ1) is 13.3. The smallest absolute Gasteiger partial charge is 0.0692 e. The molecule has 20 heavy (non-hydrogen) atoms. The number of hydrogen-bond acceptors (Lipinski definition) is 2. The Labute approximate surface area is 120 Å². The fourth-order valence-corrected chi connectivity index (χ4v) is 2.46. The van der Waals surface area contributed by atoms with Crippen LogP contribution in [0.5, 0.6) is 0 Å². The first-order chi connectivity index (χ1) is 9.83. The van der Waals surface area contributed by atoms with Crippen molar-refractivity contribution in [3.05, 3.63) is 60.2 Å². The van der Waals surface area contributed by atoms with Gasteiger partial charge in [0.25, 0.3) is 0 Å². The Hall–Kier alpha value is -1.64. The third kappa shape index (κ3) is 3.47. The van der Waals surface area contributed by atoms with Crippen molar-refractivity contribution in [3.8, 4) is 11.1 Å². The van der Waals surface area contributed by atoms with E-state index in [9.17, 15) is 5.11 Å². The quantitative estimate of drug-likeness (QED) is 0.842. The second kappa shape index (κ2) is 6.21. The number of benzene rings is 2. The van der Waals surface area contributed by atoms with E-state index < -0.39 is 0 Å². The highest BCUT2D eigenvalue weighted by Gasteiger charge is 2.28. The van der Waals surface area contributed by atoms with Gasteiger partial charge in [-0.1, -0.05) is 54.6 Å². The summed E-state index contributed by atoms with van der Waals surface area (Å²) in [6, 6.07) is 19.0. The predicted molar refractivity (Wildman–Crippen MR) is 82.3 cm³/mol. The Balaban J connectivity index is 1.53. The molecule has 1 aliphatic rings. The van der Waals surface area contributed by atoms with E-state index >= 15 is 0 Å². The number of nitrogens with one attached hydrogen (secondary N) is 1. The number of aliphatic hydroxyl groups is 1. The van der Waals surface area contributed by atoms with Gasteiger partial charge in [0.15, 0.2) is 0 Å². The van der Waals surface area contributed by atoms with Crippen LogP contribution >= 0.6 is 0 Å². The monoisotopic (exact) mass is 267 g/mol. The predicted octanol–water partition coefficient (Wildman–Crippen LogP) is 3.21. The van der Waals surface area contributed by atoms with Gasteiger partial charge in [0, 0.05) is 13.1 Å². The zero-order chi connectivity index (χ0) is 13.8. The molecule has 2 N–H and O–H groups in total. The lowest BCUT2D eigenvalue weighted by Crippen LogP contribution is -2.27. The molecule has 0 radical (unpaired) electrons. The summed E-state index contributed by atoms with van der Waals surface area (Å²) in [5.41, 5.74) is 3.75. The Morgan fingerprint density at radius 2 is 1.60 bits per heavy atom.